The zero-order valence-corrected chi connectivity index (χ0v) is 25.6. The molecule has 46 heavy (non-hydrogen) atoms. The van der Waals surface area contributed by atoms with Crippen molar-refractivity contribution in [3.05, 3.63) is 200 Å². The predicted octanol–water partition coefficient (Wildman–Crippen LogP) is 11.7. The van der Waals surface area contributed by atoms with Gasteiger partial charge < -0.3 is 9.80 Å². The first-order chi connectivity index (χ1) is 22.8. The monoisotopic (exact) mass is 590 g/mol. The van der Waals surface area contributed by atoms with Crippen LogP contribution in [0.2, 0.25) is 0 Å². The smallest absolute Gasteiger partial charge is 0.145 e. The molecule has 0 aromatic heterocycles. The van der Waals surface area contributed by atoms with Crippen molar-refractivity contribution >= 4 is 49.9 Å². The fourth-order valence-corrected chi connectivity index (χ4v) is 6.94. The van der Waals surface area contributed by atoms with Gasteiger partial charge in [-0.3, -0.25) is 0 Å². The molecule has 220 valence electrons. The van der Waals surface area contributed by atoms with Gasteiger partial charge in [-0.2, -0.15) is 0 Å². The zero-order chi connectivity index (χ0) is 30.8. The Balaban J connectivity index is 1.44. The summed E-state index contributed by atoms with van der Waals surface area (Å²) in [5.74, 6) is 0. The normalized spacial score (nSPS) is 15.9. The Hall–Kier alpha value is -5.86. The van der Waals surface area contributed by atoms with Gasteiger partial charge in [0.05, 0.1) is 5.69 Å². The number of hydrogen-bond acceptors (Lipinski definition) is 2. The lowest BCUT2D eigenvalue weighted by atomic mass is 9.87. The van der Waals surface area contributed by atoms with Gasteiger partial charge in [-0.1, -0.05) is 146 Å². The Kier molecular flexibility index (Phi) is 7.16. The molecule has 0 fully saturated rings. The summed E-state index contributed by atoms with van der Waals surface area (Å²) < 4.78 is 0. The van der Waals surface area contributed by atoms with E-state index >= 15 is 0 Å². The molecule has 8 rings (SSSR count). The van der Waals surface area contributed by atoms with E-state index in [4.69, 9.17) is 0 Å². The summed E-state index contributed by atoms with van der Waals surface area (Å²) in [5.41, 5.74) is 6.35. The molecule has 0 spiro atoms. The molecular weight excluding hydrogens is 556 g/mol. The summed E-state index contributed by atoms with van der Waals surface area (Å²) in [7, 11) is 0. The van der Waals surface area contributed by atoms with Gasteiger partial charge in [0, 0.05) is 28.9 Å². The van der Waals surface area contributed by atoms with E-state index in [1.807, 2.05) is 0 Å². The quantitative estimate of drug-likeness (QED) is 0.170. The minimum Gasteiger partial charge on any atom is -0.314 e. The van der Waals surface area contributed by atoms with Gasteiger partial charge in [-0.05, 0) is 75.8 Å². The van der Waals surface area contributed by atoms with Crippen LogP contribution in [-0.2, 0) is 0 Å². The number of fused-ring (bicyclic) bond motifs is 2. The van der Waals surface area contributed by atoms with E-state index in [-0.39, 0.29) is 0 Å². The van der Waals surface area contributed by atoms with Crippen LogP contribution in [0.25, 0.3) is 27.1 Å². The summed E-state index contributed by atoms with van der Waals surface area (Å²) in [6.45, 7) is 0. The van der Waals surface area contributed by atoms with Crippen LogP contribution in [-0.4, -0.2) is 5.66 Å². The first kappa shape index (κ1) is 27.7. The van der Waals surface area contributed by atoms with Gasteiger partial charge in [0.1, 0.15) is 5.66 Å². The summed E-state index contributed by atoms with van der Waals surface area (Å²) >= 11 is 0. The summed E-state index contributed by atoms with van der Waals surface area (Å²) in [5, 5.41) is 4.87. The summed E-state index contributed by atoms with van der Waals surface area (Å²) in [6.07, 6.45) is 7.89. The van der Waals surface area contributed by atoms with Crippen molar-refractivity contribution < 1.29 is 0 Å². The molecule has 0 bridgehead atoms. The molecular formula is C44H34N2. The van der Waals surface area contributed by atoms with Crippen molar-refractivity contribution in [2.24, 2.45) is 0 Å². The number of hydrogen-bond donors (Lipinski definition) is 0. The summed E-state index contributed by atoms with van der Waals surface area (Å²) in [6, 6.07) is 63.2. The number of para-hydroxylation sites is 2. The van der Waals surface area contributed by atoms with Crippen molar-refractivity contribution in [3.8, 4) is 0 Å². The maximum absolute atomic E-state index is 2.55. The first-order valence-corrected chi connectivity index (χ1v) is 15.9. The lowest BCUT2D eigenvalue weighted by molar-refractivity contribution is 0.527. The van der Waals surface area contributed by atoms with Gasteiger partial charge in [0.15, 0.2) is 0 Å². The summed E-state index contributed by atoms with van der Waals surface area (Å²) in [4.78, 5) is 5.08. The maximum Gasteiger partial charge on any atom is 0.145 e. The van der Waals surface area contributed by atoms with Crippen molar-refractivity contribution in [2.45, 2.75) is 12.1 Å². The fraction of sp³-hybridized carbons (Fsp3) is 0.0455. The third kappa shape index (κ3) is 4.95. The van der Waals surface area contributed by atoms with Gasteiger partial charge >= 0.3 is 0 Å². The van der Waals surface area contributed by atoms with Crippen LogP contribution in [0.3, 0.4) is 0 Å². The van der Waals surface area contributed by atoms with E-state index in [2.05, 4.69) is 204 Å². The number of benzene rings is 7. The van der Waals surface area contributed by atoms with E-state index in [1.165, 1.54) is 32.7 Å². The second-order valence-electron chi connectivity index (χ2n) is 11.8. The SMILES string of the molecule is C1=CC(N(c2ccccc2)c2ccc3ccccc3c2)(N(c2ccccc2)c2cccc3ccccc23)CC=C1c1ccccc1. The molecule has 0 heterocycles. The number of allylic oxidation sites excluding steroid dienone is 2. The lowest BCUT2D eigenvalue weighted by Gasteiger charge is -2.52. The van der Waals surface area contributed by atoms with Crippen LogP contribution in [0, 0.1) is 0 Å². The van der Waals surface area contributed by atoms with Crippen molar-refractivity contribution in [1.82, 2.24) is 0 Å². The Morgan fingerprint density at radius 2 is 1.02 bits per heavy atom. The van der Waals surface area contributed by atoms with Crippen LogP contribution >= 0.6 is 0 Å². The largest absolute Gasteiger partial charge is 0.314 e. The van der Waals surface area contributed by atoms with Crippen LogP contribution in [0.15, 0.2) is 194 Å². The van der Waals surface area contributed by atoms with Gasteiger partial charge in [-0.15, -0.1) is 0 Å². The highest BCUT2D eigenvalue weighted by molar-refractivity contribution is 5.98. The van der Waals surface area contributed by atoms with Crippen molar-refractivity contribution in [3.63, 3.8) is 0 Å². The standard InChI is InChI=1S/C44H34N2/c1-4-15-34(16-5-1)36-29-31-44(32-30-36,45(39-21-6-2-7-22-39)41-28-27-35-17-10-11-19-38(35)33-41)46(40-23-8-3-9-24-40)43-26-14-20-37-18-12-13-25-42(37)43/h1-31,33H,32H2. The molecule has 2 heteroatoms. The average Bonchev–Trinajstić information content (AvgIpc) is 3.13. The fourth-order valence-electron chi connectivity index (χ4n) is 6.94. The molecule has 0 N–H and O–H groups in total. The van der Waals surface area contributed by atoms with Crippen LogP contribution in [0.1, 0.15) is 12.0 Å². The molecule has 1 unspecified atom stereocenters. The minimum absolute atomic E-state index is 0.645. The first-order valence-electron chi connectivity index (χ1n) is 15.9. The number of anilines is 4. The average molecular weight is 591 g/mol. The third-order valence-corrected chi connectivity index (χ3v) is 9.06. The highest BCUT2D eigenvalue weighted by atomic mass is 15.4. The highest BCUT2D eigenvalue weighted by Crippen LogP contribution is 2.48. The molecule has 1 atom stereocenters. The number of nitrogens with zero attached hydrogens (tertiary/aromatic N) is 2. The Morgan fingerprint density at radius 1 is 0.435 bits per heavy atom. The zero-order valence-electron chi connectivity index (χ0n) is 25.6. The van der Waals surface area contributed by atoms with E-state index in [1.54, 1.807) is 0 Å². The van der Waals surface area contributed by atoms with Gasteiger partial charge in [-0.25, -0.2) is 0 Å². The van der Waals surface area contributed by atoms with Crippen LogP contribution in [0.5, 0.6) is 0 Å². The van der Waals surface area contributed by atoms with E-state index < -0.39 is 5.66 Å². The van der Waals surface area contributed by atoms with Crippen molar-refractivity contribution in [2.75, 3.05) is 9.80 Å². The molecule has 2 nitrogen and oxygen atoms in total. The van der Waals surface area contributed by atoms with Gasteiger partial charge in [0.25, 0.3) is 0 Å². The van der Waals surface area contributed by atoms with E-state index in [0.29, 0.717) is 0 Å². The molecule has 0 radical (unpaired) electrons. The van der Waals surface area contributed by atoms with Crippen molar-refractivity contribution in [1.29, 1.82) is 0 Å². The molecule has 0 saturated heterocycles. The Bertz CT molecular complexity index is 2180. The maximum atomic E-state index is 2.55. The minimum atomic E-state index is -0.645. The topological polar surface area (TPSA) is 6.48 Å². The molecule has 0 saturated carbocycles. The lowest BCUT2D eigenvalue weighted by Crippen LogP contribution is -2.57. The molecule has 1 aliphatic carbocycles. The molecule has 1 aliphatic rings. The Labute approximate surface area is 270 Å². The molecule has 7 aromatic rings. The van der Waals surface area contributed by atoms with Crippen LogP contribution < -0.4 is 9.80 Å². The molecule has 0 aliphatic heterocycles. The molecule has 0 amide bonds. The predicted molar refractivity (Wildman–Crippen MR) is 196 cm³/mol. The van der Waals surface area contributed by atoms with Gasteiger partial charge in [0.2, 0.25) is 0 Å². The van der Waals surface area contributed by atoms with Crippen LogP contribution in [0.4, 0.5) is 22.7 Å². The second-order valence-corrected chi connectivity index (χ2v) is 11.8. The third-order valence-electron chi connectivity index (χ3n) is 9.06. The van der Waals surface area contributed by atoms with E-state index in [0.717, 1.165) is 29.2 Å². The van der Waals surface area contributed by atoms with E-state index in [9.17, 15) is 0 Å². The molecule has 7 aromatic carbocycles. The Morgan fingerprint density at radius 3 is 1.72 bits per heavy atom. The number of rotatable bonds is 7. The second kappa shape index (κ2) is 11.9. The highest BCUT2D eigenvalue weighted by Gasteiger charge is 2.44.